The molecule has 0 saturated heterocycles. The summed E-state index contributed by atoms with van der Waals surface area (Å²) in [5, 5.41) is 34.8. The highest BCUT2D eigenvalue weighted by molar-refractivity contribution is 5.95. The molecule has 12 N–H and O–H groups in total. The molecule has 1 aromatic carbocycles. The van der Waals surface area contributed by atoms with E-state index in [1.54, 1.807) is 0 Å². The average Bonchev–Trinajstić information content (AvgIpc) is 2.86. The molecule has 0 aliphatic carbocycles. The van der Waals surface area contributed by atoms with Gasteiger partial charge in [0.05, 0.1) is 12.5 Å². The number of carboxylic acid groups (broad SMARTS) is 2. The molecule has 1 aromatic rings. The minimum atomic E-state index is -1.65. The number of aliphatic carboxylic acids is 2. The first-order valence-corrected chi connectivity index (χ1v) is 12.2. The zero-order valence-corrected chi connectivity index (χ0v) is 21.3. The number of hydrogen-bond donors (Lipinski definition) is 9. The van der Waals surface area contributed by atoms with Crippen LogP contribution in [0.25, 0.3) is 0 Å². The fourth-order valence-corrected chi connectivity index (χ4v) is 3.49. The number of primary amides is 1. The second kappa shape index (κ2) is 16.6. The van der Waals surface area contributed by atoms with E-state index in [0.29, 0.717) is 24.9 Å². The van der Waals surface area contributed by atoms with E-state index in [0.717, 1.165) is 0 Å². The van der Waals surface area contributed by atoms with Crippen molar-refractivity contribution in [3.8, 4) is 5.75 Å². The van der Waals surface area contributed by atoms with Crippen LogP contribution in [-0.2, 0) is 35.2 Å². The van der Waals surface area contributed by atoms with Gasteiger partial charge in [-0.1, -0.05) is 12.1 Å². The van der Waals surface area contributed by atoms with Crippen molar-refractivity contribution in [2.45, 2.75) is 69.1 Å². The van der Waals surface area contributed by atoms with Gasteiger partial charge in [0.25, 0.3) is 0 Å². The summed E-state index contributed by atoms with van der Waals surface area (Å²) in [5.74, 6) is -6.40. The number of carbonyl (C=O) groups excluding carboxylic acids is 4. The molecule has 0 saturated carbocycles. The van der Waals surface area contributed by atoms with E-state index in [1.165, 1.54) is 24.3 Å². The first-order valence-electron chi connectivity index (χ1n) is 12.2. The third-order valence-corrected chi connectivity index (χ3v) is 5.61. The number of phenols is 1. The van der Waals surface area contributed by atoms with E-state index in [1.807, 2.05) is 0 Å². The quantitative estimate of drug-likeness (QED) is 0.0871. The Hall–Kier alpha value is -4.24. The number of carboxylic acids is 2. The Morgan fingerprint density at radius 2 is 1.36 bits per heavy atom. The smallest absolute Gasteiger partial charge is 0.326 e. The third-order valence-electron chi connectivity index (χ3n) is 5.61. The molecule has 4 amide bonds. The number of carbonyl (C=O) groups is 6. The molecular formula is C24H36N6O9. The Morgan fingerprint density at radius 3 is 1.90 bits per heavy atom. The summed E-state index contributed by atoms with van der Waals surface area (Å²) in [4.78, 5) is 72.6. The molecule has 1 rings (SSSR count). The normalized spacial score (nSPS) is 13.8. The number of amides is 4. The van der Waals surface area contributed by atoms with Gasteiger partial charge in [0.15, 0.2) is 0 Å². The van der Waals surface area contributed by atoms with Gasteiger partial charge in [0.1, 0.15) is 23.9 Å². The number of nitrogens with one attached hydrogen (secondary N) is 3. The molecule has 216 valence electrons. The maximum absolute atomic E-state index is 12.9. The van der Waals surface area contributed by atoms with E-state index in [9.17, 15) is 44.1 Å². The van der Waals surface area contributed by atoms with Crippen molar-refractivity contribution in [3.63, 3.8) is 0 Å². The van der Waals surface area contributed by atoms with Gasteiger partial charge in [0, 0.05) is 6.42 Å². The summed E-state index contributed by atoms with van der Waals surface area (Å²) in [5.41, 5.74) is 17.0. The topological polar surface area (TPSA) is 277 Å². The SMILES string of the molecule is NCCCCC(NC(=O)C(CCC(N)=O)NC(=O)C(CC(=O)O)NC(=O)C(N)Cc1ccc(O)cc1)C(=O)O. The van der Waals surface area contributed by atoms with Gasteiger partial charge in [-0.3, -0.25) is 24.0 Å². The minimum Gasteiger partial charge on any atom is -0.508 e. The van der Waals surface area contributed by atoms with Crippen LogP contribution >= 0.6 is 0 Å². The summed E-state index contributed by atoms with van der Waals surface area (Å²) in [6.45, 7) is 0.326. The van der Waals surface area contributed by atoms with Crippen molar-refractivity contribution < 1.29 is 44.1 Å². The number of nitrogens with two attached hydrogens (primary N) is 3. The second-order valence-corrected chi connectivity index (χ2v) is 8.89. The van der Waals surface area contributed by atoms with E-state index in [4.69, 9.17) is 17.2 Å². The van der Waals surface area contributed by atoms with Gasteiger partial charge in [0.2, 0.25) is 23.6 Å². The Labute approximate surface area is 224 Å². The molecule has 0 bridgehead atoms. The van der Waals surface area contributed by atoms with Crippen LogP contribution in [0.4, 0.5) is 0 Å². The summed E-state index contributed by atoms with van der Waals surface area (Å²) in [6, 6.07) is 0.265. The monoisotopic (exact) mass is 552 g/mol. The van der Waals surface area contributed by atoms with E-state index < -0.39 is 66.2 Å². The lowest BCUT2D eigenvalue weighted by Crippen LogP contribution is -2.57. The third kappa shape index (κ3) is 12.7. The molecule has 0 aliphatic rings. The molecule has 15 nitrogen and oxygen atoms in total. The fourth-order valence-electron chi connectivity index (χ4n) is 3.49. The standard InChI is InChI=1S/C24H36N6O9/c25-10-2-1-3-17(24(38)39)29-22(36)16(8-9-19(27)32)28-23(37)18(12-20(33)34)30-21(35)15(26)11-13-4-6-14(31)7-5-13/h4-7,15-18,31H,1-3,8-12,25-26H2,(H2,27,32)(H,28,37)(H,29,36)(H,30,35)(H,33,34)(H,38,39). The van der Waals surface area contributed by atoms with Crippen molar-refractivity contribution in [2.75, 3.05) is 6.54 Å². The van der Waals surface area contributed by atoms with E-state index in [-0.39, 0.29) is 31.4 Å². The van der Waals surface area contributed by atoms with Gasteiger partial charge >= 0.3 is 11.9 Å². The van der Waals surface area contributed by atoms with Crippen LogP contribution in [0, 0.1) is 0 Å². The molecule has 0 fully saturated rings. The highest BCUT2D eigenvalue weighted by Gasteiger charge is 2.31. The molecular weight excluding hydrogens is 516 g/mol. The molecule has 4 unspecified atom stereocenters. The highest BCUT2D eigenvalue weighted by atomic mass is 16.4. The molecule has 0 heterocycles. The number of rotatable bonds is 18. The van der Waals surface area contributed by atoms with Crippen LogP contribution < -0.4 is 33.2 Å². The number of benzene rings is 1. The zero-order chi connectivity index (χ0) is 29.5. The largest absolute Gasteiger partial charge is 0.508 e. The number of aromatic hydroxyl groups is 1. The van der Waals surface area contributed by atoms with E-state index >= 15 is 0 Å². The highest BCUT2D eigenvalue weighted by Crippen LogP contribution is 2.11. The molecule has 0 spiro atoms. The average molecular weight is 553 g/mol. The molecule has 0 radical (unpaired) electrons. The van der Waals surface area contributed by atoms with Crippen LogP contribution in [0.1, 0.15) is 44.1 Å². The van der Waals surface area contributed by atoms with Crippen molar-refractivity contribution in [3.05, 3.63) is 29.8 Å². The van der Waals surface area contributed by atoms with Crippen molar-refractivity contribution in [1.29, 1.82) is 0 Å². The summed E-state index contributed by atoms with van der Waals surface area (Å²) in [7, 11) is 0. The Bertz CT molecular complexity index is 1020. The van der Waals surface area contributed by atoms with Crippen LogP contribution in [0.15, 0.2) is 24.3 Å². The van der Waals surface area contributed by atoms with Crippen LogP contribution in [0.2, 0.25) is 0 Å². The predicted octanol–water partition coefficient (Wildman–Crippen LogP) is -2.33. The molecule has 0 aromatic heterocycles. The van der Waals surface area contributed by atoms with E-state index in [2.05, 4.69) is 16.0 Å². The number of unbranched alkanes of at least 4 members (excludes halogenated alkanes) is 1. The zero-order valence-electron chi connectivity index (χ0n) is 21.3. The van der Waals surface area contributed by atoms with Gasteiger partial charge < -0.3 is 48.5 Å². The number of hydrogen-bond acceptors (Lipinski definition) is 9. The van der Waals surface area contributed by atoms with Crippen LogP contribution in [0.5, 0.6) is 5.75 Å². The van der Waals surface area contributed by atoms with Crippen molar-refractivity contribution in [2.24, 2.45) is 17.2 Å². The van der Waals surface area contributed by atoms with Crippen LogP contribution in [-0.4, -0.2) is 81.6 Å². The molecule has 15 heteroatoms. The van der Waals surface area contributed by atoms with Crippen LogP contribution in [0.3, 0.4) is 0 Å². The lowest BCUT2D eigenvalue weighted by molar-refractivity contribution is -0.143. The van der Waals surface area contributed by atoms with Gasteiger partial charge in [-0.15, -0.1) is 0 Å². The van der Waals surface area contributed by atoms with Gasteiger partial charge in [-0.25, -0.2) is 4.79 Å². The summed E-state index contributed by atoms with van der Waals surface area (Å²) < 4.78 is 0. The first-order chi connectivity index (χ1) is 18.3. The minimum absolute atomic E-state index is 0.00938. The lowest BCUT2D eigenvalue weighted by Gasteiger charge is -2.24. The molecule has 4 atom stereocenters. The predicted molar refractivity (Wildman–Crippen MR) is 137 cm³/mol. The summed E-state index contributed by atoms with van der Waals surface area (Å²) in [6.07, 6.45) is -0.517. The molecule has 39 heavy (non-hydrogen) atoms. The lowest BCUT2D eigenvalue weighted by atomic mass is 10.0. The maximum atomic E-state index is 12.9. The first kappa shape index (κ1) is 32.8. The van der Waals surface area contributed by atoms with Gasteiger partial charge in [-0.05, 0) is 56.3 Å². The summed E-state index contributed by atoms with van der Waals surface area (Å²) >= 11 is 0. The Morgan fingerprint density at radius 1 is 0.795 bits per heavy atom. The number of phenolic OH excluding ortho intramolecular Hbond substituents is 1. The second-order valence-electron chi connectivity index (χ2n) is 8.89. The Kier molecular flexibility index (Phi) is 13.9. The van der Waals surface area contributed by atoms with Crippen molar-refractivity contribution >= 4 is 35.6 Å². The van der Waals surface area contributed by atoms with Gasteiger partial charge in [-0.2, -0.15) is 0 Å². The maximum Gasteiger partial charge on any atom is 0.326 e. The fraction of sp³-hybridized carbons (Fsp3) is 0.500. The molecule has 0 aliphatic heterocycles. The van der Waals surface area contributed by atoms with Crippen molar-refractivity contribution in [1.82, 2.24) is 16.0 Å². The Balaban J connectivity index is 2.98.